The summed E-state index contributed by atoms with van der Waals surface area (Å²) in [6, 6.07) is 5.04. The van der Waals surface area contributed by atoms with E-state index >= 15 is 0 Å². The van der Waals surface area contributed by atoms with Crippen molar-refractivity contribution in [1.29, 1.82) is 0 Å². The van der Waals surface area contributed by atoms with Gasteiger partial charge in [-0.2, -0.15) is 4.31 Å². The normalized spacial score (nSPS) is 19.2. The van der Waals surface area contributed by atoms with Gasteiger partial charge in [0.25, 0.3) is 0 Å². The summed E-state index contributed by atoms with van der Waals surface area (Å²) in [7, 11) is -2.10. The van der Waals surface area contributed by atoms with Gasteiger partial charge < -0.3 is 4.74 Å². The van der Waals surface area contributed by atoms with Crippen LogP contribution < -0.4 is 4.74 Å². The second-order valence-electron chi connectivity index (χ2n) is 5.61. The van der Waals surface area contributed by atoms with Crippen molar-refractivity contribution in [3.05, 3.63) is 23.8 Å². The second kappa shape index (κ2) is 5.54. The molecule has 6 heteroatoms. The molecule has 0 aromatic heterocycles. The number of halogens is 1. The number of benzene rings is 1. The van der Waals surface area contributed by atoms with Crippen molar-refractivity contribution < 1.29 is 13.2 Å². The fourth-order valence-electron chi connectivity index (χ4n) is 2.65. The Balaban J connectivity index is 2.54. The van der Waals surface area contributed by atoms with Gasteiger partial charge in [0.1, 0.15) is 10.6 Å². The van der Waals surface area contributed by atoms with E-state index in [1.165, 1.54) is 7.11 Å². The van der Waals surface area contributed by atoms with Gasteiger partial charge in [0.15, 0.2) is 0 Å². The fraction of sp³-hybridized carbons (Fsp3) is 0.571. The molecule has 1 aromatic carbocycles. The summed E-state index contributed by atoms with van der Waals surface area (Å²) in [6.45, 7) is 4.45. The number of nitrogens with zero attached hydrogens (tertiary/aromatic N) is 1. The lowest BCUT2D eigenvalue weighted by Crippen LogP contribution is -2.42. The maximum atomic E-state index is 12.9. The molecule has 1 aliphatic heterocycles. The minimum absolute atomic E-state index is 0.202. The lowest BCUT2D eigenvalue weighted by molar-refractivity contribution is 0.290. The van der Waals surface area contributed by atoms with E-state index in [2.05, 4.69) is 0 Å². The van der Waals surface area contributed by atoms with Crippen LogP contribution in [0, 0.1) is 0 Å². The summed E-state index contributed by atoms with van der Waals surface area (Å²) >= 11 is 5.81. The van der Waals surface area contributed by atoms with Gasteiger partial charge in [-0.1, -0.05) is 6.07 Å². The number of sulfonamides is 1. The molecule has 0 saturated carbocycles. The van der Waals surface area contributed by atoms with Crippen LogP contribution in [0.5, 0.6) is 5.75 Å². The van der Waals surface area contributed by atoms with Crippen LogP contribution in [0.1, 0.15) is 32.3 Å². The monoisotopic (exact) mass is 317 g/mol. The molecule has 0 amide bonds. The van der Waals surface area contributed by atoms with Crippen LogP contribution in [0.3, 0.4) is 0 Å². The Morgan fingerprint density at radius 3 is 2.60 bits per heavy atom. The molecule has 4 nitrogen and oxygen atoms in total. The van der Waals surface area contributed by atoms with Crippen LogP contribution in [0.2, 0.25) is 0 Å². The topological polar surface area (TPSA) is 46.6 Å². The average molecular weight is 318 g/mol. The van der Waals surface area contributed by atoms with E-state index in [1.54, 1.807) is 22.5 Å². The number of methoxy groups -OCH3 is 1. The molecule has 0 unspecified atom stereocenters. The average Bonchev–Trinajstić information content (AvgIpc) is 2.78. The smallest absolute Gasteiger partial charge is 0.247 e. The third-order valence-electron chi connectivity index (χ3n) is 3.78. The zero-order valence-corrected chi connectivity index (χ0v) is 13.6. The number of hydrogen-bond donors (Lipinski definition) is 0. The second-order valence-corrected chi connectivity index (χ2v) is 7.71. The Morgan fingerprint density at radius 1 is 1.40 bits per heavy atom. The lowest BCUT2D eigenvalue weighted by Gasteiger charge is -2.31. The molecule has 0 N–H and O–H groups in total. The van der Waals surface area contributed by atoms with Gasteiger partial charge in [0.05, 0.1) is 7.11 Å². The van der Waals surface area contributed by atoms with E-state index in [0.29, 0.717) is 12.3 Å². The Labute approximate surface area is 125 Å². The minimum Gasteiger partial charge on any atom is -0.495 e. The number of rotatable bonds is 4. The first-order valence-corrected chi connectivity index (χ1v) is 8.56. The van der Waals surface area contributed by atoms with Crippen LogP contribution in [0.25, 0.3) is 0 Å². The highest BCUT2D eigenvalue weighted by atomic mass is 35.5. The molecule has 0 bridgehead atoms. The number of hydrogen-bond acceptors (Lipinski definition) is 3. The first-order chi connectivity index (χ1) is 9.32. The predicted octanol–water partition coefficient (Wildman–Crippen LogP) is 3.00. The van der Waals surface area contributed by atoms with Gasteiger partial charge in [-0.05, 0) is 44.4 Å². The molecule has 0 atom stereocenters. The first-order valence-electron chi connectivity index (χ1n) is 6.58. The van der Waals surface area contributed by atoms with Crippen molar-refractivity contribution in [3.63, 3.8) is 0 Å². The fourth-order valence-corrected chi connectivity index (χ4v) is 4.87. The summed E-state index contributed by atoms with van der Waals surface area (Å²) in [5, 5.41) is 0. The standard InChI is InChI=1S/C14H20ClNO3S/c1-14(2)7-4-8-16(14)20(17,18)13-9-11(10-15)5-6-12(13)19-3/h5-6,9H,4,7-8,10H2,1-3H3. The van der Waals surface area contributed by atoms with Crippen LogP contribution in [0.4, 0.5) is 0 Å². The van der Waals surface area contributed by atoms with Crippen molar-refractivity contribution in [2.24, 2.45) is 0 Å². The maximum absolute atomic E-state index is 12.9. The van der Waals surface area contributed by atoms with Crippen molar-refractivity contribution >= 4 is 21.6 Å². The van der Waals surface area contributed by atoms with Gasteiger partial charge in [-0.25, -0.2) is 8.42 Å². The lowest BCUT2D eigenvalue weighted by atomic mass is 10.0. The third kappa shape index (κ3) is 2.67. The Bertz CT molecular complexity index is 598. The Kier molecular flexibility index (Phi) is 4.33. The van der Waals surface area contributed by atoms with Crippen molar-refractivity contribution in [1.82, 2.24) is 4.31 Å². The first kappa shape index (κ1) is 15.6. The van der Waals surface area contributed by atoms with Gasteiger partial charge in [0.2, 0.25) is 10.0 Å². The van der Waals surface area contributed by atoms with E-state index in [-0.39, 0.29) is 16.3 Å². The molecule has 0 spiro atoms. The van der Waals surface area contributed by atoms with Crippen molar-refractivity contribution in [2.75, 3.05) is 13.7 Å². The van der Waals surface area contributed by atoms with Crippen LogP contribution in [0.15, 0.2) is 23.1 Å². The summed E-state index contributed by atoms with van der Waals surface area (Å²) in [5.74, 6) is 0.636. The van der Waals surface area contributed by atoms with Gasteiger partial charge in [-0.3, -0.25) is 0 Å². The Morgan fingerprint density at radius 2 is 2.10 bits per heavy atom. The zero-order valence-electron chi connectivity index (χ0n) is 12.0. The van der Waals surface area contributed by atoms with Crippen LogP contribution in [-0.2, 0) is 15.9 Å². The SMILES string of the molecule is COc1ccc(CCl)cc1S(=O)(=O)N1CCCC1(C)C. The third-order valence-corrected chi connectivity index (χ3v) is 6.22. The highest BCUT2D eigenvalue weighted by molar-refractivity contribution is 7.89. The van der Waals surface area contributed by atoms with E-state index in [0.717, 1.165) is 18.4 Å². The zero-order chi connectivity index (χ0) is 15.0. The van der Waals surface area contributed by atoms with Gasteiger partial charge >= 0.3 is 0 Å². The minimum atomic E-state index is -3.57. The van der Waals surface area contributed by atoms with E-state index in [4.69, 9.17) is 16.3 Å². The molecule has 2 rings (SSSR count). The molecule has 0 radical (unpaired) electrons. The summed E-state index contributed by atoms with van der Waals surface area (Å²) in [6.07, 6.45) is 1.74. The molecule has 1 aromatic rings. The summed E-state index contributed by atoms with van der Waals surface area (Å²) in [5.41, 5.74) is 0.406. The van der Waals surface area contributed by atoms with Crippen molar-refractivity contribution in [3.8, 4) is 5.75 Å². The summed E-state index contributed by atoms with van der Waals surface area (Å²) < 4.78 is 32.6. The van der Waals surface area contributed by atoms with E-state index < -0.39 is 10.0 Å². The Hall–Kier alpha value is -0.780. The maximum Gasteiger partial charge on any atom is 0.247 e. The van der Waals surface area contributed by atoms with Crippen molar-refractivity contribution in [2.45, 2.75) is 43.0 Å². The molecular formula is C14H20ClNO3S. The highest BCUT2D eigenvalue weighted by Gasteiger charge is 2.41. The molecule has 0 aliphatic carbocycles. The van der Waals surface area contributed by atoms with E-state index in [1.807, 2.05) is 13.8 Å². The van der Waals surface area contributed by atoms with Crippen LogP contribution >= 0.6 is 11.6 Å². The highest BCUT2D eigenvalue weighted by Crippen LogP contribution is 2.37. The number of ether oxygens (including phenoxy) is 1. The summed E-state index contributed by atoms with van der Waals surface area (Å²) in [4.78, 5) is 0.202. The van der Waals surface area contributed by atoms with E-state index in [9.17, 15) is 8.42 Å². The van der Waals surface area contributed by atoms with Crippen LogP contribution in [-0.4, -0.2) is 31.9 Å². The molecule has 1 fully saturated rings. The number of alkyl halides is 1. The predicted molar refractivity (Wildman–Crippen MR) is 79.8 cm³/mol. The van der Waals surface area contributed by atoms with Gasteiger partial charge in [-0.15, -0.1) is 11.6 Å². The molecule has 1 aliphatic rings. The molecule has 1 heterocycles. The molecule has 20 heavy (non-hydrogen) atoms. The quantitative estimate of drug-likeness (QED) is 0.802. The molecule has 112 valence electrons. The van der Waals surface area contributed by atoms with Gasteiger partial charge in [0, 0.05) is 18.0 Å². The molecule has 1 saturated heterocycles. The molecular weight excluding hydrogens is 298 g/mol. The largest absolute Gasteiger partial charge is 0.495 e.